The average Bonchev–Trinajstić information content (AvgIpc) is 3.16. The molecule has 2 amide bonds. The number of nitrogens with zero attached hydrogens (tertiary/aromatic N) is 3. The Morgan fingerprint density at radius 1 is 1.39 bits per heavy atom. The third kappa shape index (κ3) is 3.37. The maximum atomic E-state index is 12.1. The fourth-order valence-corrected chi connectivity index (χ4v) is 2.83. The monoisotopic (exact) mass is 328 g/mol. The van der Waals surface area contributed by atoms with Crippen molar-refractivity contribution in [3.05, 3.63) is 41.2 Å². The zero-order valence-electron chi connectivity index (χ0n) is 12.8. The molecular formula is C15H16N6OS. The van der Waals surface area contributed by atoms with Gasteiger partial charge in [-0.15, -0.1) is 11.3 Å². The maximum Gasteiger partial charge on any atom is 0.326 e. The van der Waals surface area contributed by atoms with Crippen molar-refractivity contribution in [1.82, 2.24) is 20.2 Å². The number of H-pyrrole nitrogens is 1. The lowest BCUT2D eigenvalue weighted by molar-refractivity contribution is 0.262. The average molecular weight is 328 g/mol. The fourth-order valence-electron chi connectivity index (χ4n) is 2.11. The van der Waals surface area contributed by atoms with Gasteiger partial charge in [-0.3, -0.25) is 20.7 Å². The van der Waals surface area contributed by atoms with Crippen LogP contribution in [0.3, 0.4) is 0 Å². The summed E-state index contributed by atoms with van der Waals surface area (Å²) in [6.45, 7) is 3.95. The van der Waals surface area contributed by atoms with E-state index in [9.17, 15) is 4.79 Å². The highest BCUT2D eigenvalue weighted by Gasteiger charge is 2.12. The Labute approximate surface area is 137 Å². The van der Waals surface area contributed by atoms with Gasteiger partial charge in [0.05, 0.1) is 5.69 Å². The number of rotatable bonds is 4. The number of anilines is 2. The molecule has 0 unspecified atom stereocenters. The number of carbonyl (C=O) groups excluding carboxylic acids is 1. The number of aromatic nitrogens is 4. The van der Waals surface area contributed by atoms with Crippen molar-refractivity contribution in [3.8, 4) is 11.3 Å². The van der Waals surface area contributed by atoms with Crippen LogP contribution in [0.15, 0.2) is 29.9 Å². The van der Waals surface area contributed by atoms with Crippen molar-refractivity contribution in [1.29, 1.82) is 0 Å². The Kier molecular flexibility index (Phi) is 4.33. The van der Waals surface area contributed by atoms with E-state index in [0.29, 0.717) is 10.9 Å². The molecule has 0 saturated carbocycles. The van der Waals surface area contributed by atoms with E-state index >= 15 is 0 Å². The number of urea groups is 1. The van der Waals surface area contributed by atoms with Crippen molar-refractivity contribution in [2.24, 2.45) is 0 Å². The lowest BCUT2D eigenvalue weighted by Gasteiger charge is -2.03. The first-order valence-electron chi connectivity index (χ1n) is 7.15. The molecule has 3 aromatic heterocycles. The molecule has 23 heavy (non-hydrogen) atoms. The lowest BCUT2D eigenvalue weighted by atomic mass is 10.2. The molecular weight excluding hydrogens is 312 g/mol. The van der Waals surface area contributed by atoms with Crippen LogP contribution in [-0.2, 0) is 6.42 Å². The van der Waals surface area contributed by atoms with E-state index in [-0.39, 0.29) is 6.03 Å². The van der Waals surface area contributed by atoms with E-state index < -0.39 is 0 Å². The van der Waals surface area contributed by atoms with Gasteiger partial charge in [-0.25, -0.2) is 9.78 Å². The number of pyridine rings is 1. The molecule has 8 heteroatoms. The van der Waals surface area contributed by atoms with Gasteiger partial charge in [0.1, 0.15) is 0 Å². The van der Waals surface area contributed by atoms with Crippen LogP contribution in [0.2, 0.25) is 0 Å². The standard InChI is InChI=1S/C15H16N6OS/c1-3-11-9(2)13(21-20-11)18-14(22)19-15-17-12(8-23-15)10-5-4-6-16-7-10/h4-8H,3H2,1-2H3,(H3,17,18,19,20,21,22). The zero-order valence-corrected chi connectivity index (χ0v) is 13.6. The van der Waals surface area contributed by atoms with Crippen molar-refractivity contribution >= 4 is 28.3 Å². The number of aryl methyl sites for hydroxylation is 1. The fraction of sp³-hybridized carbons (Fsp3) is 0.200. The minimum Gasteiger partial charge on any atom is -0.290 e. The third-order valence-corrected chi connectivity index (χ3v) is 4.14. The molecule has 118 valence electrons. The molecule has 0 aliphatic rings. The zero-order chi connectivity index (χ0) is 16.2. The number of thiazole rings is 1. The lowest BCUT2D eigenvalue weighted by Crippen LogP contribution is -2.20. The summed E-state index contributed by atoms with van der Waals surface area (Å²) >= 11 is 1.36. The molecule has 3 aromatic rings. The Hall–Kier alpha value is -2.74. The first kappa shape index (κ1) is 15.2. The van der Waals surface area contributed by atoms with Crippen LogP contribution in [0, 0.1) is 6.92 Å². The number of nitrogens with one attached hydrogen (secondary N) is 3. The summed E-state index contributed by atoms with van der Waals surface area (Å²) in [4.78, 5) is 20.5. The van der Waals surface area contributed by atoms with Gasteiger partial charge in [0.2, 0.25) is 0 Å². The van der Waals surface area contributed by atoms with Gasteiger partial charge >= 0.3 is 6.03 Å². The molecule has 0 radical (unpaired) electrons. The van der Waals surface area contributed by atoms with Crippen molar-refractivity contribution in [2.75, 3.05) is 10.6 Å². The second-order valence-corrected chi connectivity index (χ2v) is 5.75. The van der Waals surface area contributed by atoms with Gasteiger partial charge < -0.3 is 0 Å². The smallest absolute Gasteiger partial charge is 0.290 e. The Bertz CT molecular complexity index is 810. The molecule has 0 saturated heterocycles. The normalized spacial score (nSPS) is 10.5. The van der Waals surface area contributed by atoms with Gasteiger partial charge in [0, 0.05) is 34.6 Å². The van der Waals surface area contributed by atoms with Crippen molar-refractivity contribution < 1.29 is 4.79 Å². The summed E-state index contributed by atoms with van der Waals surface area (Å²) in [7, 11) is 0. The summed E-state index contributed by atoms with van der Waals surface area (Å²) in [5.74, 6) is 0.531. The van der Waals surface area contributed by atoms with Gasteiger partial charge in [-0.2, -0.15) is 5.10 Å². The minimum atomic E-state index is -0.366. The molecule has 0 fully saturated rings. The summed E-state index contributed by atoms with van der Waals surface area (Å²) in [5, 5.41) is 14.8. The Morgan fingerprint density at radius 2 is 2.26 bits per heavy atom. The molecule has 0 bridgehead atoms. The number of amides is 2. The Morgan fingerprint density at radius 3 is 2.96 bits per heavy atom. The van der Waals surface area contributed by atoms with E-state index in [4.69, 9.17) is 0 Å². The highest BCUT2D eigenvalue weighted by atomic mass is 32.1. The first-order valence-corrected chi connectivity index (χ1v) is 8.03. The van der Waals surface area contributed by atoms with E-state index in [1.165, 1.54) is 11.3 Å². The van der Waals surface area contributed by atoms with Crippen LogP contribution >= 0.6 is 11.3 Å². The highest BCUT2D eigenvalue weighted by molar-refractivity contribution is 7.14. The second-order valence-electron chi connectivity index (χ2n) is 4.89. The second kappa shape index (κ2) is 6.57. The molecule has 0 aliphatic carbocycles. The molecule has 0 aromatic carbocycles. The third-order valence-electron chi connectivity index (χ3n) is 3.38. The minimum absolute atomic E-state index is 0.366. The van der Waals surface area contributed by atoms with Crippen molar-refractivity contribution in [2.45, 2.75) is 20.3 Å². The number of hydrogen-bond donors (Lipinski definition) is 3. The molecule has 0 spiro atoms. The molecule has 0 atom stereocenters. The maximum absolute atomic E-state index is 12.1. The first-order chi connectivity index (χ1) is 11.2. The van der Waals surface area contributed by atoms with Crippen LogP contribution in [-0.4, -0.2) is 26.2 Å². The Balaban J connectivity index is 1.66. The van der Waals surface area contributed by atoms with Gasteiger partial charge in [-0.1, -0.05) is 6.92 Å². The van der Waals surface area contributed by atoms with Gasteiger partial charge in [-0.05, 0) is 25.5 Å². The van der Waals surface area contributed by atoms with Gasteiger partial charge in [0.15, 0.2) is 10.9 Å². The van der Waals surface area contributed by atoms with Gasteiger partial charge in [0.25, 0.3) is 0 Å². The van der Waals surface area contributed by atoms with Crippen LogP contribution < -0.4 is 10.6 Å². The topological polar surface area (TPSA) is 95.6 Å². The molecule has 0 aliphatic heterocycles. The highest BCUT2D eigenvalue weighted by Crippen LogP contribution is 2.24. The van der Waals surface area contributed by atoms with E-state index in [1.807, 2.05) is 31.4 Å². The summed E-state index contributed by atoms with van der Waals surface area (Å²) < 4.78 is 0. The SMILES string of the molecule is CCc1[nH]nc(NC(=O)Nc2nc(-c3cccnc3)cs2)c1C. The van der Waals surface area contributed by atoms with Crippen LogP contribution in [0.4, 0.5) is 15.7 Å². The number of carbonyl (C=O) groups is 1. The largest absolute Gasteiger partial charge is 0.326 e. The molecule has 3 N–H and O–H groups in total. The predicted molar refractivity (Wildman–Crippen MR) is 90.7 cm³/mol. The number of hydrogen-bond acceptors (Lipinski definition) is 5. The van der Waals surface area contributed by atoms with E-state index in [0.717, 1.165) is 28.9 Å². The molecule has 3 heterocycles. The van der Waals surface area contributed by atoms with Crippen molar-refractivity contribution in [3.63, 3.8) is 0 Å². The summed E-state index contributed by atoms with van der Waals surface area (Å²) in [5.41, 5.74) is 3.64. The predicted octanol–water partition coefficient (Wildman–Crippen LogP) is 3.44. The van der Waals surface area contributed by atoms with E-state index in [2.05, 4.69) is 30.8 Å². The van der Waals surface area contributed by atoms with Crippen LogP contribution in [0.25, 0.3) is 11.3 Å². The quantitative estimate of drug-likeness (QED) is 0.683. The van der Waals surface area contributed by atoms with Crippen LogP contribution in [0.5, 0.6) is 0 Å². The van der Waals surface area contributed by atoms with Crippen LogP contribution in [0.1, 0.15) is 18.2 Å². The number of aromatic amines is 1. The van der Waals surface area contributed by atoms with E-state index in [1.54, 1.807) is 12.4 Å². The molecule has 3 rings (SSSR count). The summed E-state index contributed by atoms with van der Waals surface area (Å²) in [6.07, 6.45) is 4.28. The molecule has 7 nitrogen and oxygen atoms in total. The summed E-state index contributed by atoms with van der Waals surface area (Å²) in [6, 6.07) is 3.40.